The van der Waals surface area contributed by atoms with Gasteiger partial charge in [0.2, 0.25) is 0 Å². The Morgan fingerprint density at radius 2 is 2.08 bits per heavy atom. The lowest BCUT2D eigenvalue weighted by molar-refractivity contribution is 0.534. The second-order valence-electron chi connectivity index (χ2n) is 3.32. The van der Waals surface area contributed by atoms with E-state index in [2.05, 4.69) is 28.2 Å². The van der Waals surface area contributed by atoms with Crippen molar-refractivity contribution in [2.24, 2.45) is 0 Å². The first-order valence-electron chi connectivity index (χ1n) is 4.43. The summed E-state index contributed by atoms with van der Waals surface area (Å²) in [5, 5.41) is 4.24. The highest BCUT2D eigenvalue weighted by Gasteiger charge is 2.02. The van der Waals surface area contributed by atoms with Gasteiger partial charge in [-0.25, -0.2) is 8.42 Å². The maximum atomic E-state index is 10.8. The molecule has 0 rings (SSSR count). The molecule has 0 saturated carbocycles. The van der Waals surface area contributed by atoms with Gasteiger partial charge in [-0.15, -0.1) is 0 Å². The number of halogens is 1. The summed E-state index contributed by atoms with van der Waals surface area (Å²) in [6.07, 6.45) is 3.04. The van der Waals surface area contributed by atoms with Crippen LogP contribution in [0.1, 0.15) is 19.8 Å². The van der Waals surface area contributed by atoms with E-state index in [9.17, 15) is 8.42 Å². The second-order valence-corrected chi connectivity index (χ2v) is 6.37. The van der Waals surface area contributed by atoms with E-state index in [0.717, 1.165) is 18.3 Å². The lowest BCUT2D eigenvalue weighted by atomic mass is 10.2. The molecule has 80 valence electrons. The van der Waals surface area contributed by atoms with Gasteiger partial charge in [-0.05, 0) is 26.3 Å². The highest BCUT2D eigenvalue weighted by atomic mass is 79.9. The number of sulfone groups is 1. The quantitative estimate of drug-likeness (QED) is 0.559. The third kappa shape index (κ3) is 10.3. The molecule has 1 atom stereocenters. The summed E-state index contributed by atoms with van der Waals surface area (Å²) in [6.45, 7) is 2.88. The molecule has 1 unspecified atom stereocenters. The zero-order valence-electron chi connectivity index (χ0n) is 8.22. The molecule has 1 N–H and O–H groups in total. The first-order chi connectivity index (χ1) is 5.95. The summed E-state index contributed by atoms with van der Waals surface area (Å²) in [7, 11) is -2.78. The molecular formula is C8H18BrNO2S. The van der Waals surface area contributed by atoms with E-state index in [0.29, 0.717) is 12.5 Å². The fourth-order valence-corrected chi connectivity index (χ4v) is 2.30. The standard InChI is InChI=1S/C8H18BrNO2S/c1-8(4-5-9)10-6-3-7-13(2,11)12/h8,10H,3-7H2,1-2H3. The minimum Gasteiger partial charge on any atom is -0.314 e. The Bertz CT molecular complexity index is 216. The summed E-state index contributed by atoms with van der Waals surface area (Å²) in [5.41, 5.74) is 0. The van der Waals surface area contributed by atoms with Crippen LogP contribution < -0.4 is 5.32 Å². The molecule has 0 spiro atoms. The van der Waals surface area contributed by atoms with Crippen molar-refractivity contribution in [3.05, 3.63) is 0 Å². The number of hydrogen-bond acceptors (Lipinski definition) is 3. The van der Waals surface area contributed by atoms with Crippen LogP contribution in [0, 0.1) is 0 Å². The zero-order chi connectivity index (χ0) is 10.3. The Labute approximate surface area is 89.3 Å². The van der Waals surface area contributed by atoms with E-state index in [1.165, 1.54) is 6.26 Å². The zero-order valence-corrected chi connectivity index (χ0v) is 10.6. The Hall–Kier alpha value is 0.390. The number of hydrogen-bond donors (Lipinski definition) is 1. The van der Waals surface area contributed by atoms with Crippen LogP contribution >= 0.6 is 15.9 Å². The van der Waals surface area contributed by atoms with Crippen molar-refractivity contribution in [3.63, 3.8) is 0 Å². The van der Waals surface area contributed by atoms with Gasteiger partial charge in [0.15, 0.2) is 0 Å². The molecule has 3 nitrogen and oxygen atoms in total. The van der Waals surface area contributed by atoms with Crippen molar-refractivity contribution in [3.8, 4) is 0 Å². The highest BCUT2D eigenvalue weighted by Crippen LogP contribution is 1.95. The van der Waals surface area contributed by atoms with Crippen LogP contribution in [0.3, 0.4) is 0 Å². The predicted molar refractivity (Wildman–Crippen MR) is 60.2 cm³/mol. The maximum Gasteiger partial charge on any atom is 0.147 e. The number of nitrogens with one attached hydrogen (secondary N) is 1. The van der Waals surface area contributed by atoms with Crippen LogP contribution in [-0.2, 0) is 9.84 Å². The number of rotatable bonds is 7. The first-order valence-corrected chi connectivity index (χ1v) is 7.61. The Morgan fingerprint density at radius 1 is 1.46 bits per heavy atom. The molecule has 0 aromatic carbocycles. The van der Waals surface area contributed by atoms with Gasteiger partial charge in [0.05, 0.1) is 5.75 Å². The van der Waals surface area contributed by atoms with Crippen molar-refractivity contribution >= 4 is 25.8 Å². The van der Waals surface area contributed by atoms with E-state index in [1.807, 2.05) is 0 Å². The van der Waals surface area contributed by atoms with Crippen LogP contribution in [0.4, 0.5) is 0 Å². The summed E-state index contributed by atoms with van der Waals surface area (Å²) in [5.74, 6) is 0.279. The molecule has 0 bridgehead atoms. The Kier molecular flexibility index (Phi) is 6.99. The van der Waals surface area contributed by atoms with E-state index in [4.69, 9.17) is 0 Å². The molecule has 0 aliphatic carbocycles. The Balaban J connectivity index is 3.36. The molecular weight excluding hydrogens is 254 g/mol. The third-order valence-electron chi connectivity index (χ3n) is 1.73. The Morgan fingerprint density at radius 3 is 2.54 bits per heavy atom. The van der Waals surface area contributed by atoms with Crippen LogP contribution in [0.2, 0.25) is 0 Å². The van der Waals surface area contributed by atoms with E-state index in [-0.39, 0.29) is 5.75 Å². The topological polar surface area (TPSA) is 46.2 Å². The first kappa shape index (κ1) is 13.4. The molecule has 0 aromatic heterocycles. The smallest absolute Gasteiger partial charge is 0.147 e. The predicted octanol–water partition coefficient (Wildman–Crippen LogP) is 1.18. The van der Waals surface area contributed by atoms with Crippen molar-refractivity contribution in [1.29, 1.82) is 0 Å². The van der Waals surface area contributed by atoms with Crippen LogP contribution in [0.25, 0.3) is 0 Å². The van der Waals surface area contributed by atoms with Crippen LogP contribution in [0.15, 0.2) is 0 Å². The fraction of sp³-hybridized carbons (Fsp3) is 1.00. The van der Waals surface area contributed by atoms with Crippen molar-refractivity contribution < 1.29 is 8.42 Å². The monoisotopic (exact) mass is 271 g/mol. The average molecular weight is 272 g/mol. The molecule has 0 amide bonds. The SMILES string of the molecule is CC(CCBr)NCCCS(C)(=O)=O. The normalized spacial score (nSPS) is 14.4. The minimum absolute atomic E-state index is 0.279. The molecule has 13 heavy (non-hydrogen) atoms. The van der Waals surface area contributed by atoms with E-state index in [1.54, 1.807) is 0 Å². The van der Waals surface area contributed by atoms with Gasteiger partial charge < -0.3 is 5.32 Å². The number of alkyl halides is 1. The molecule has 0 heterocycles. The molecule has 0 aliphatic heterocycles. The lowest BCUT2D eigenvalue weighted by Crippen LogP contribution is -2.28. The van der Waals surface area contributed by atoms with Crippen molar-refractivity contribution in [2.45, 2.75) is 25.8 Å². The summed E-state index contributed by atoms with van der Waals surface area (Å²) in [4.78, 5) is 0. The molecule has 5 heteroatoms. The van der Waals surface area contributed by atoms with Crippen molar-refractivity contribution in [1.82, 2.24) is 5.32 Å². The van der Waals surface area contributed by atoms with E-state index < -0.39 is 9.84 Å². The third-order valence-corrected chi connectivity index (χ3v) is 3.21. The lowest BCUT2D eigenvalue weighted by Gasteiger charge is -2.11. The molecule has 0 aliphatic rings. The minimum atomic E-state index is -2.78. The van der Waals surface area contributed by atoms with Gasteiger partial charge >= 0.3 is 0 Å². The molecule has 0 fully saturated rings. The largest absolute Gasteiger partial charge is 0.314 e. The molecule has 0 radical (unpaired) electrons. The van der Waals surface area contributed by atoms with Gasteiger partial charge in [0.1, 0.15) is 9.84 Å². The van der Waals surface area contributed by atoms with Crippen LogP contribution in [0.5, 0.6) is 0 Å². The highest BCUT2D eigenvalue weighted by molar-refractivity contribution is 9.09. The second kappa shape index (κ2) is 6.79. The van der Waals surface area contributed by atoms with Gasteiger partial charge in [-0.2, -0.15) is 0 Å². The molecule has 0 saturated heterocycles. The summed E-state index contributed by atoms with van der Waals surface area (Å²) >= 11 is 3.35. The van der Waals surface area contributed by atoms with Gasteiger partial charge in [-0.1, -0.05) is 15.9 Å². The maximum absolute atomic E-state index is 10.8. The summed E-state index contributed by atoms with van der Waals surface area (Å²) < 4.78 is 21.5. The van der Waals surface area contributed by atoms with Gasteiger partial charge in [0.25, 0.3) is 0 Å². The average Bonchev–Trinajstić information content (AvgIpc) is 1.97. The fourth-order valence-electron chi connectivity index (χ4n) is 0.949. The summed E-state index contributed by atoms with van der Waals surface area (Å²) in [6, 6.07) is 0.457. The van der Waals surface area contributed by atoms with Gasteiger partial charge in [0, 0.05) is 17.6 Å². The van der Waals surface area contributed by atoms with Crippen molar-refractivity contribution in [2.75, 3.05) is 23.9 Å². The van der Waals surface area contributed by atoms with E-state index >= 15 is 0 Å². The molecule has 0 aromatic rings. The van der Waals surface area contributed by atoms with Gasteiger partial charge in [-0.3, -0.25) is 0 Å². The van der Waals surface area contributed by atoms with Crippen LogP contribution in [-0.4, -0.2) is 38.3 Å².